The lowest BCUT2D eigenvalue weighted by atomic mass is 10.0. The second kappa shape index (κ2) is 7.09. The highest BCUT2D eigenvalue weighted by Crippen LogP contribution is 2.24. The van der Waals surface area contributed by atoms with Crippen molar-refractivity contribution in [1.29, 1.82) is 0 Å². The minimum atomic E-state index is -0.0237. The Kier molecular flexibility index (Phi) is 4.50. The summed E-state index contributed by atoms with van der Waals surface area (Å²) >= 11 is 0. The van der Waals surface area contributed by atoms with Crippen LogP contribution in [0, 0.1) is 6.92 Å². The van der Waals surface area contributed by atoms with Gasteiger partial charge in [0.2, 0.25) is 0 Å². The number of hydrogen-bond donors (Lipinski definition) is 1. The van der Waals surface area contributed by atoms with Gasteiger partial charge in [0.15, 0.2) is 0 Å². The number of nitrogens with zero attached hydrogens (tertiary/aromatic N) is 4. The maximum atomic E-state index is 13.3. The SMILES string of the molecule is Cc1nn(-c2ccccc2)cc1C(=O)N1CCNCC1c1cccnc1. The summed E-state index contributed by atoms with van der Waals surface area (Å²) < 4.78 is 1.77. The number of hydrogen-bond acceptors (Lipinski definition) is 4. The molecule has 1 aliphatic rings. The average molecular weight is 347 g/mol. The molecule has 1 aromatic carbocycles. The minimum absolute atomic E-state index is 0.0139. The fourth-order valence-electron chi connectivity index (χ4n) is 3.36. The molecule has 1 N–H and O–H groups in total. The summed E-state index contributed by atoms with van der Waals surface area (Å²) in [7, 11) is 0. The van der Waals surface area contributed by atoms with Crippen LogP contribution in [-0.2, 0) is 0 Å². The Balaban J connectivity index is 1.65. The quantitative estimate of drug-likeness (QED) is 0.790. The van der Waals surface area contributed by atoms with Crippen LogP contribution < -0.4 is 5.32 Å². The number of aromatic nitrogens is 3. The van der Waals surface area contributed by atoms with Crippen molar-refractivity contribution in [1.82, 2.24) is 25.0 Å². The van der Waals surface area contributed by atoms with E-state index in [1.54, 1.807) is 10.9 Å². The molecule has 1 aliphatic heterocycles. The van der Waals surface area contributed by atoms with Crippen LogP contribution in [0.4, 0.5) is 0 Å². The first-order valence-corrected chi connectivity index (χ1v) is 8.77. The predicted octanol–water partition coefficient (Wildman–Crippen LogP) is 2.36. The van der Waals surface area contributed by atoms with Gasteiger partial charge in [0, 0.05) is 38.2 Å². The molecule has 6 nitrogen and oxygen atoms in total. The molecule has 4 rings (SSSR count). The van der Waals surface area contributed by atoms with Gasteiger partial charge in [0.1, 0.15) is 0 Å². The second-order valence-corrected chi connectivity index (χ2v) is 6.41. The van der Waals surface area contributed by atoms with E-state index in [1.807, 2.05) is 66.7 Å². The van der Waals surface area contributed by atoms with Crippen molar-refractivity contribution in [3.05, 3.63) is 77.9 Å². The highest BCUT2D eigenvalue weighted by Gasteiger charge is 2.30. The summed E-state index contributed by atoms with van der Waals surface area (Å²) in [4.78, 5) is 19.4. The summed E-state index contributed by atoms with van der Waals surface area (Å²) in [6.07, 6.45) is 5.41. The van der Waals surface area contributed by atoms with E-state index >= 15 is 0 Å². The Bertz CT molecular complexity index is 891. The van der Waals surface area contributed by atoms with E-state index in [9.17, 15) is 4.79 Å². The van der Waals surface area contributed by atoms with Gasteiger partial charge in [-0.1, -0.05) is 24.3 Å². The van der Waals surface area contributed by atoms with E-state index in [2.05, 4.69) is 15.4 Å². The van der Waals surface area contributed by atoms with Crippen LogP contribution in [0.15, 0.2) is 61.1 Å². The predicted molar refractivity (Wildman–Crippen MR) is 99.2 cm³/mol. The monoisotopic (exact) mass is 347 g/mol. The van der Waals surface area contributed by atoms with Gasteiger partial charge in [-0.15, -0.1) is 0 Å². The maximum absolute atomic E-state index is 13.3. The number of piperazine rings is 1. The summed E-state index contributed by atoms with van der Waals surface area (Å²) in [5.74, 6) is 0.0139. The van der Waals surface area contributed by atoms with E-state index < -0.39 is 0 Å². The first-order chi connectivity index (χ1) is 12.7. The number of para-hydroxylation sites is 1. The van der Waals surface area contributed by atoms with E-state index in [1.165, 1.54) is 0 Å². The van der Waals surface area contributed by atoms with Gasteiger partial charge in [0.05, 0.1) is 23.0 Å². The molecule has 0 spiro atoms. The Hall–Kier alpha value is -2.99. The van der Waals surface area contributed by atoms with Crippen molar-refractivity contribution in [2.45, 2.75) is 13.0 Å². The summed E-state index contributed by atoms with van der Waals surface area (Å²) in [5.41, 5.74) is 3.37. The number of aryl methyl sites for hydroxylation is 1. The molecule has 1 saturated heterocycles. The van der Waals surface area contributed by atoms with Gasteiger partial charge < -0.3 is 10.2 Å². The molecule has 0 aliphatic carbocycles. The molecule has 1 atom stereocenters. The Morgan fingerprint density at radius 2 is 2.04 bits per heavy atom. The molecule has 6 heteroatoms. The zero-order valence-corrected chi connectivity index (χ0v) is 14.7. The fourth-order valence-corrected chi connectivity index (χ4v) is 3.36. The molecular formula is C20H21N5O. The van der Waals surface area contributed by atoms with Gasteiger partial charge in [-0.25, -0.2) is 4.68 Å². The molecule has 1 amide bonds. The first kappa shape index (κ1) is 16.5. The zero-order chi connectivity index (χ0) is 17.9. The lowest BCUT2D eigenvalue weighted by molar-refractivity contribution is 0.0633. The van der Waals surface area contributed by atoms with Gasteiger partial charge >= 0.3 is 0 Å². The summed E-state index contributed by atoms with van der Waals surface area (Å²) in [5, 5.41) is 7.91. The molecule has 3 aromatic rings. The number of nitrogens with one attached hydrogen (secondary N) is 1. The standard InChI is InChI=1S/C20H21N5O/c1-15-18(14-25(23-15)17-7-3-2-4-8-17)20(26)24-11-10-22-13-19(24)16-6-5-9-21-12-16/h2-9,12,14,19,22H,10-11,13H2,1H3. The topological polar surface area (TPSA) is 63.1 Å². The largest absolute Gasteiger partial charge is 0.329 e. The van der Waals surface area contributed by atoms with Gasteiger partial charge in [0.25, 0.3) is 5.91 Å². The van der Waals surface area contributed by atoms with Crippen molar-refractivity contribution in [3.63, 3.8) is 0 Å². The number of carbonyl (C=O) groups excluding carboxylic acids is 1. The fraction of sp³-hybridized carbons (Fsp3) is 0.250. The average Bonchev–Trinajstić information content (AvgIpc) is 3.10. The van der Waals surface area contributed by atoms with Crippen molar-refractivity contribution < 1.29 is 4.79 Å². The van der Waals surface area contributed by atoms with E-state index in [-0.39, 0.29) is 11.9 Å². The number of rotatable bonds is 3. The lowest BCUT2D eigenvalue weighted by Crippen LogP contribution is -2.48. The number of carbonyl (C=O) groups is 1. The van der Waals surface area contributed by atoms with Crippen LogP contribution in [-0.4, -0.2) is 45.2 Å². The van der Waals surface area contributed by atoms with E-state index in [4.69, 9.17) is 0 Å². The van der Waals surface area contributed by atoms with Crippen LogP contribution >= 0.6 is 0 Å². The van der Waals surface area contributed by atoms with Crippen molar-refractivity contribution in [3.8, 4) is 5.69 Å². The molecule has 0 radical (unpaired) electrons. The molecular weight excluding hydrogens is 326 g/mol. The van der Waals surface area contributed by atoms with Crippen LogP contribution in [0.3, 0.4) is 0 Å². The summed E-state index contributed by atoms with van der Waals surface area (Å²) in [6, 6.07) is 13.7. The Morgan fingerprint density at radius 1 is 1.19 bits per heavy atom. The molecule has 26 heavy (non-hydrogen) atoms. The van der Waals surface area contributed by atoms with Gasteiger partial charge in [-0.3, -0.25) is 9.78 Å². The highest BCUT2D eigenvalue weighted by molar-refractivity contribution is 5.95. The number of benzene rings is 1. The molecule has 3 heterocycles. The third-order valence-electron chi connectivity index (χ3n) is 4.72. The van der Waals surface area contributed by atoms with Gasteiger partial charge in [-0.2, -0.15) is 5.10 Å². The normalized spacial score (nSPS) is 17.3. The Labute approximate surface area is 152 Å². The van der Waals surface area contributed by atoms with Crippen LogP contribution in [0.25, 0.3) is 5.69 Å². The van der Waals surface area contributed by atoms with Crippen molar-refractivity contribution in [2.75, 3.05) is 19.6 Å². The smallest absolute Gasteiger partial charge is 0.257 e. The number of pyridine rings is 1. The summed E-state index contributed by atoms with van der Waals surface area (Å²) in [6.45, 7) is 4.06. The van der Waals surface area contributed by atoms with Crippen LogP contribution in [0.5, 0.6) is 0 Å². The lowest BCUT2D eigenvalue weighted by Gasteiger charge is -2.36. The minimum Gasteiger partial charge on any atom is -0.329 e. The first-order valence-electron chi connectivity index (χ1n) is 8.77. The number of amides is 1. The van der Waals surface area contributed by atoms with Crippen molar-refractivity contribution >= 4 is 5.91 Å². The van der Waals surface area contributed by atoms with E-state index in [0.29, 0.717) is 12.1 Å². The Morgan fingerprint density at radius 3 is 2.81 bits per heavy atom. The molecule has 2 aromatic heterocycles. The second-order valence-electron chi connectivity index (χ2n) is 6.41. The molecule has 1 unspecified atom stereocenters. The third kappa shape index (κ3) is 3.11. The molecule has 132 valence electrons. The van der Waals surface area contributed by atoms with Crippen molar-refractivity contribution in [2.24, 2.45) is 0 Å². The van der Waals surface area contributed by atoms with Gasteiger partial charge in [-0.05, 0) is 30.7 Å². The third-order valence-corrected chi connectivity index (χ3v) is 4.72. The highest BCUT2D eigenvalue weighted by atomic mass is 16.2. The molecule has 1 fully saturated rings. The molecule has 0 bridgehead atoms. The zero-order valence-electron chi connectivity index (χ0n) is 14.7. The molecule has 0 saturated carbocycles. The van der Waals surface area contributed by atoms with Crippen LogP contribution in [0.1, 0.15) is 27.7 Å². The maximum Gasteiger partial charge on any atom is 0.257 e. The van der Waals surface area contributed by atoms with Crippen LogP contribution in [0.2, 0.25) is 0 Å². The van der Waals surface area contributed by atoms with E-state index in [0.717, 1.165) is 30.0 Å².